The highest BCUT2D eigenvalue weighted by molar-refractivity contribution is 5.91. The van der Waals surface area contributed by atoms with Crippen LogP contribution in [-0.4, -0.2) is 38.0 Å². The topological polar surface area (TPSA) is 32.3 Å². The Morgan fingerprint density at radius 2 is 1.24 bits per heavy atom. The minimum Gasteiger partial charge on any atom is -0.348 e. The summed E-state index contributed by atoms with van der Waals surface area (Å²) in [6.45, 7) is 1.65. The van der Waals surface area contributed by atoms with Crippen LogP contribution in [0.1, 0.15) is 23.1 Å². The second-order valence-corrected chi connectivity index (χ2v) is 7.57. The molecule has 1 N–H and O–H groups in total. The molecular weight excluding hydrogens is 356 g/mol. The summed E-state index contributed by atoms with van der Waals surface area (Å²) in [7, 11) is 3.68. The van der Waals surface area contributed by atoms with Crippen molar-refractivity contribution in [3.05, 3.63) is 108 Å². The Morgan fingerprint density at radius 1 is 0.759 bits per heavy atom. The Hall–Kier alpha value is -2.91. The molecule has 0 radical (unpaired) electrons. The van der Waals surface area contributed by atoms with Crippen molar-refractivity contribution in [3.8, 4) is 0 Å². The first-order valence-corrected chi connectivity index (χ1v) is 10.2. The van der Waals surface area contributed by atoms with Gasteiger partial charge in [-0.3, -0.25) is 4.79 Å². The molecule has 1 amide bonds. The fourth-order valence-corrected chi connectivity index (χ4v) is 3.91. The monoisotopic (exact) mass is 386 g/mol. The molecule has 0 saturated heterocycles. The standard InChI is InChI=1S/C26H30N2O/c1-28(2)25(29)26(23-14-8-4-9-15-23,24-16-10-5-11-17-24)19-21-27-20-18-22-12-6-3-7-13-22/h3-17,27H,18-21H2,1-2H3. The van der Waals surface area contributed by atoms with Crippen LogP contribution in [0, 0.1) is 0 Å². The van der Waals surface area contributed by atoms with Crippen molar-refractivity contribution in [2.24, 2.45) is 0 Å². The first kappa shape index (κ1) is 20.8. The Bertz CT molecular complexity index is 837. The van der Waals surface area contributed by atoms with E-state index in [2.05, 4.69) is 53.8 Å². The van der Waals surface area contributed by atoms with Crippen molar-refractivity contribution in [1.29, 1.82) is 0 Å². The lowest BCUT2D eigenvalue weighted by Gasteiger charge is -2.36. The Kier molecular flexibility index (Phi) is 7.20. The van der Waals surface area contributed by atoms with Crippen molar-refractivity contribution in [2.75, 3.05) is 27.2 Å². The van der Waals surface area contributed by atoms with Gasteiger partial charge in [0.1, 0.15) is 5.41 Å². The van der Waals surface area contributed by atoms with Crippen LogP contribution in [0.5, 0.6) is 0 Å². The van der Waals surface area contributed by atoms with E-state index in [4.69, 9.17) is 0 Å². The molecule has 3 nitrogen and oxygen atoms in total. The van der Waals surface area contributed by atoms with Gasteiger partial charge in [-0.2, -0.15) is 0 Å². The van der Waals surface area contributed by atoms with Gasteiger partial charge >= 0.3 is 0 Å². The summed E-state index contributed by atoms with van der Waals surface area (Å²) >= 11 is 0. The average molecular weight is 387 g/mol. The smallest absolute Gasteiger partial charge is 0.237 e. The second-order valence-electron chi connectivity index (χ2n) is 7.57. The van der Waals surface area contributed by atoms with Crippen LogP contribution >= 0.6 is 0 Å². The molecule has 3 aromatic carbocycles. The number of carbonyl (C=O) groups is 1. The molecule has 0 aromatic heterocycles. The molecule has 0 aliphatic rings. The Balaban J connectivity index is 1.83. The largest absolute Gasteiger partial charge is 0.348 e. The maximum Gasteiger partial charge on any atom is 0.237 e. The summed E-state index contributed by atoms with van der Waals surface area (Å²) in [4.78, 5) is 15.3. The number of hydrogen-bond donors (Lipinski definition) is 1. The molecule has 29 heavy (non-hydrogen) atoms. The number of nitrogens with zero attached hydrogens (tertiary/aromatic N) is 1. The fourth-order valence-electron chi connectivity index (χ4n) is 3.91. The number of benzene rings is 3. The first-order chi connectivity index (χ1) is 14.1. The van der Waals surface area contributed by atoms with E-state index in [1.54, 1.807) is 4.90 Å². The summed E-state index contributed by atoms with van der Waals surface area (Å²) < 4.78 is 0. The van der Waals surface area contributed by atoms with E-state index in [1.807, 2.05) is 56.6 Å². The van der Waals surface area contributed by atoms with Gasteiger partial charge in [-0.15, -0.1) is 0 Å². The molecule has 3 heteroatoms. The summed E-state index contributed by atoms with van der Waals surface area (Å²) in [6, 6.07) is 30.8. The second kappa shape index (κ2) is 10.0. The van der Waals surface area contributed by atoms with Crippen molar-refractivity contribution < 1.29 is 4.79 Å². The quantitative estimate of drug-likeness (QED) is 0.557. The third-order valence-corrected chi connectivity index (χ3v) is 5.41. The summed E-state index contributed by atoms with van der Waals surface area (Å²) in [5, 5.41) is 3.55. The molecule has 3 rings (SSSR count). The van der Waals surface area contributed by atoms with Gasteiger partial charge in [0.15, 0.2) is 0 Å². The van der Waals surface area contributed by atoms with Gasteiger partial charge in [0.05, 0.1) is 0 Å². The highest BCUT2D eigenvalue weighted by atomic mass is 16.2. The lowest BCUT2D eigenvalue weighted by atomic mass is 9.71. The third kappa shape index (κ3) is 4.93. The number of carbonyl (C=O) groups excluding carboxylic acids is 1. The van der Waals surface area contributed by atoms with Crippen LogP contribution in [-0.2, 0) is 16.6 Å². The van der Waals surface area contributed by atoms with Crippen LogP contribution in [0.3, 0.4) is 0 Å². The van der Waals surface area contributed by atoms with E-state index in [0.29, 0.717) is 6.42 Å². The molecule has 0 fully saturated rings. The number of nitrogens with one attached hydrogen (secondary N) is 1. The summed E-state index contributed by atoms with van der Waals surface area (Å²) in [5.74, 6) is 0.111. The van der Waals surface area contributed by atoms with Crippen molar-refractivity contribution >= 4 is 5.91 Å². The third-order valence-electron chi connectivity index (χ3n) is 5.41. The first-order valence-electron chi connectivity index (χ1n) is 10.2. The molecule has 150 valence electrons. The molecule has 0 heterocycles. The van der Waals surface area contributed by atoms with E-state index >= 15 is 0 Å². The van der Waals surface area contributed by atoms with Crippen molar-refractivity contribution in [1.82, 2.24) is 10.2 Å². The van der Waals surface area contributed by atoms with E-state index in [-0.39, 0.29) is 5.91 Å². The predicted octanol–water partition coefficient (Wildman–Crippen LogP) is 4.28. The lowest BCUT2D eigenvalue weighted by molar-refractivity contribution is -0.133. The zero-order valence-electron chi connectivity index (χ0n) is 17.3. The summed E-state index contributed by atoms with van der Waals surface area (Å²) in [6.07, 6.45) is 1.68. The maximum absolute atomic E-state index is 13.5. The van der Waals surface area contributed by atoms with Crippen molar-refractivity contribution in [2.45, 2.75) is 18.3 Å². The number of rotatable bonds is 9. The van der Waals surface area contributed by atoms with Crippen LogP contribution in [0.2, 0.25) is 0 Å². The molecule has 0 aliphatic heterocycles. The lowest BCUT2D eigenvalue weighted by Crippen LogP contribution is -2.46. The predicted molar refractivity (Wildman–Crippen MR) is 120 cm³/mol. The van der Waals surface area contributed by atoms with Crippen LogP contribution < -0.4 is 5.32 Å². The van der Waals surface area contributed by atoms with Crippen LogP contribution in [0.15, 0.2) is 91.0 Å². The molecule has 0 atom stereocenters. The van der Waals surface area contributed by atoms with Gasteiger partial charge in [0.25, 0.3) is 0 Å². The van der Waals surface area contributed by atoms with E-state index in [0.717, 1.165) is 30.6 Å². The zero-order chi connectivity index (χ0) is 20.5. The van der Waals surface area contributed by atoms with Crippen molar-refractivity contribution in [3.63, 3.8) is 0 Å². The van der Waals surface area contributed by atoms with Gasteiger partial charge in [0, 0.05) is 14.1 Å². The molecule has 3 aromatic rings. The van der Waals surface area contributed by atoms with Gasteiger partial charge in [-0.05, 0) is 42.6 Å². The normalized spacial score (nSPS) is 11.2. The zero-order valence-corrected chi connectivity index (χ0v) is 17.3. The molecule has 0 aliphatic carbocycles. The number of amides is 1. The minimum atomic E-state index is -0.703. The Morgan fingerprint density at radius 3 is 1.72 bits per heavy atom. The minimum absolute atomic E-state index is 0.111. The molecular formula is C26H30N2O. The van der Waals surface area contributed by atoms with Gasteiger partial charge < -0.3 is 10.2 Å². The molecule has 0 spiro atoms. The summed E-state index contributed by atoms with van der Waals surface area (Å²) in [5.41, 5.74) is 2.69. The highest BCUT2D eigenvalue weighted by Gasteiger charge is 2.42. The Labute approximate surface area is 174 Å². The van der Waals surface area contributed by atoms with Gasteiger partial charge in [0.2, 0.25) is 5.91 Å². The molecule has 0 unspecified atom stereocenters. The number of hydrogen-bond acceptors (Lipinski definition) is 2. The van der Waals surface area contributed by atoms with Crippen LogP contribution in [0.4, 0.5) is 0 Å². The fraction of sp³-hybridized carbons (Fsp3) is 0.269. The van der Waals surface area contributed by atoms with Gasteiger partial charge in [-0.25, -0.2) is 0 Å². The average Bonchev–Trinajstić information content (AvgIpc) is 2.78. The van der Waals surface area contributed by atoms with E-state index < -0.39 is 5.41 Å². The van der Waals surface area contributed by atoms with E-state index in [1.165, 1.54) is 5.56 Å². The number of likely N-dealkylation sites (N-methyl/N-ethyl adjacent to an activating group) is 1. The maximum atomic E-state index is 13.5. The van der Waals surface area contributed by atoms with Gasteiger partial charge in [-0.1, -0.05) is 91.0 Å². The molecule has 0 saturated carbocycles. The highest BCUT2D eigenvalue weighted by Crippen LogP contribution is 2.37. The van der Waals surface area contributed by atoms with E-state index in [9.17, 15) is 4.79 Å². The van der Waals surface area contributed by atoms with Crippen LogP contribution in [0.25, 0.3) is 0 Å². The SMILES string of the molecule is CN(C)C(=O)C(CCNCCc1ccccc1)(c1ccccc1)c1ccccc1. The molecule has 0 bridgehead atoms.